The first-order valence-electron chi connectivity index (χ1n) is 8.10. The first-order chi connectivity index (χ1) is 11.8. The predicted molar refractivity (Wildman–Crippen MR) is 95.5 cm³/mol. The standard InChI is InChI=1S/C18H21N3O2S/c1-14-16(10-12-23-14)17-19-20-18(24-13-7-3-6-11-22)21(17)15-8-4-2-5-9-15/h2,4-5,8-10,12,22H,3,6-7,11,13H2,1H3. The van der Waals surface area contributed by atoms with Crippen molar-refractivity contribution in [2.24, 2.45) is 0 Å². The van der Waals surface area contributed by atoms with Gasteiger partial charge in [-0.15, -0.1) is 10.2 Å². The summed E-state index contributed by atoms with van der Waals surface area (Å²) in [5.41, 5.74) is 1.99. The third kappa shape index (κ3) is 3.71. The number of thioether (sulfide) groups is 1. The average Bonchev–Trinajstić information content (AvgIpc) is 3.21. The zero-order chi connectivity index (χ0) is 16.8. The Labute approximate surface area is 145 Å². The monoisotopic (exact) mass is 343 g/mol. The Balaban J connectivity index is 1.89. The Morgan fingerprint density at radius 1 is 1.08 bits per heavy atom. The highest BCUT2D eigenvalue weighted by Crippen LogP contribution is 2.30. The number of aliphatic hydroxyl groups excluding tert-OH is 1. The molecule has 0 atom stereocenters. The van der Waals surface area contributed by atoms with Gasteiger partial charge in [0, 0.05) is 18.0 Å². The molecule has 5 nitrogen and oxygen atoms in total. The minimum atomic E-state index is 0.259. The number of hydrogen-bond donors (Lipinski definition) is 1. The quantitative estimate of drug-likeness (QED) is 0.493. The average molecular weight is 343 g/mol. The minimum absolute atomic E-state index is 0.259. The van der Waals surface area contributed by atoms with E-state index in [-0.39, 0.29) is 6.61 Å². The molecule has 3 aromatic rings. The number of benzene rings is 1. The van der Waals surface area contributed by atoms with Crippen molar-refractivity contribution < 1.29 is 9.52 Å². The van der Waals surface area contributed by atoms with Crippen molar-refractivity contribution >= 4 is 11.8 Å². The second kappa shape index (κ2) is 8.17. The molecule has 0 aliphatic heterocycles. The zero-order valence-corrected chi connectivity index (χ0v) is 14.5. The highest BCUT2D eigenvalue weighted by atomic mass is 32.2. The molecule has 3 rings (SSSR count). The number of aromatic nitrogens is 3. The van der Waals surface area contributed by atoms with Gasteiger partial charge in [0.15, 0.2) is 11.0 Å². The van der Waals surface area contributed by atoms with Crippen LogP contribution >= 0.6 is 11.8 Å². The van der Waals surface area contributed by atoms with E-state index in [4.69, 9.17) is 9.52 Å². The van der Waals surface area contributed by atoms with Gasteiger partial charge in [-0.2, -0.15) is 0 Å². The summed E-state index contributed by atoms with van der Waals surface area (Å²) >= 11 is 1.69. The summed E-state index contributed by atoms with van der Waals surface area (Å²) in [5.74, 6) is 2.58. The van der Waals surface area contributed by atoms with Crippen molar-refractivity contribution in [3.05, 3.63) is 48.4 Å². The van der Waals surface area contributed by atoms with Crippen LogP contribution in [0.2, 0.25) is 0 Å². The van der Waals surface area contributed by atoms with E-state index in [0.29, 0.717) is 0 Å². The molecule has 2 heterocycles. The SMILES string of the molecule is Cc1occc1-c1nnc(SCCCCCO)n1-c1ccccc1. The third-order valence-corrected chi connectivity index (χ3v) is 4.80. The first-order valence-corrected chi connectivity index (χ1v) is 9.09. The molecule has 0 aliphatic rings. The number of para-hydroxylation sites is 1. The maximum atomic E-state index is 8.87. The summed E-state index contributed by atoms with van der Waals surface area (Å²) in [6.07, 6.45) is 4.60. The van der Waals surface area contributed by atoms with Crippen LogP contribution in [-0.2, 0) is 0 Å². The van der Waals surface area contributed by atoms with Crippen molar-refractivity contribution in [2.45, 2.75) is 31.3 Å². The number of unbranched alkanes of at least 4 members (excludes halogenated alkanes) is 2. The second-order valence-electron chi connectivity index (χ2n) is 5.50. The van der Waals surface area contributed by atoms with Crippen LogP contribution in [0.15, 0.2) is 52.2 Å². The van der Waals surface area contributed by atoms with Crippen molar-refractivity contribution in [2.75, 3.05) is 12.4 Å². The van der Waals surface area contributed by atoms with Crippen molar-refractivity contribution in [3.63, 3.8) is 0 Å². The molecule has 0 unspecified atom stereocenters. The molecule has 6 heteroatoms. The van der Waals surface area contributed by atoms with Gasteiger partial charge in [-0.1, -0.05) is 36.4 Å². The van der Waals surface area contributed by atoms with Crippen LogP contribution in [0.4, 0.5) is 0 Å². The van der Waals surface area contributed by atoms with Gasteiger partial charge >= 0.3 is 0 Å². The summed E-state index contributed by atoms with van der Waals surface area (Å²) in [4.78, 5) is 0. The molecule has 0 fully saturated rings. The summed E-state index contributed by atoms with van der Waals surface area (Å²) in [6.45, 7) is 2.19. The third-order valence-electron chi connectivity index (χ3n) is 3.78. The van der Waals surface area contributed by atoms with E-state index in [1.807, 2.05) is 31.2 Å². The molecule has 126 valence electrons. The normalized spacial score (nSPS) is 11.1. The minimum Gasteiger partial charge on any atom is -0.469 e. The maximum absolute atomic E-state index is 8.87. The van der Waals surface area contributed by atoms with Crippen LogP contribution in [0.25, 0.3) is 17.1 Å². The molecule has 0 radical (unpaired) electrons. The zero-order valence-electron chi connectivity index (χ0n) is 13.7. The number of aliphatic hydroxyl groups is 1. The van der Waals surface area contributed by atoms with Gasteiger partial charge in [0.05, 0.1) is 11.8 Å². The topological polar surface area (TPSA) is 64.1 Å². The lowest BCUT2D eigenvalue weighted by Gasteiger charge is -2.09. The van der Waals surface area contributed by atoms with Gasteiger partial charge in [-0.3, -0.25) is 4.57 Å². The molecule has 0 aliphatic carbocycles. The van der Waals surface area contributed by atoms with Gasteiger partial charge in [0.25, 0.3) is 0 Å². The van der Waals surface area contributed by atoms with E-state index in [1.54, 1.807) is 18.0 Å². The van der Waals surface area contributed by atoms with Crippen molar-refractivity contribution in [1.29, 1.82) is 0 Å². The largest absolute Gasteiger partial charge is 0.469 e. The van der Waals surface area contributed by atoms with Crippen LogP contribution in [0.5, 0.6) is 0 Å². The van der Waals surface area contributed by atoms with Crippen molar-refractivity contribution in [3.8, 4) is 17.1 Å². The van der Waals surface area contributed by atoms with Crippen LogP contribution < -0.4 is 0 Å². The Morgan fingerprint density at radius 3 is 2.62 bits per heavy atom. The van der Waals surface area contributed by atoms with Gasteiger partial charge < -0.3 is 9.52 Å². The molecular weight excluding hydrogens is 322 g/mol. The lowest BCUT2D eigenvalue weighted by molar-refractivity contribution is 0.284. The Hall–Kier alpha value is -2.05. The fraction of sp³-hybridized carbons (Fsp3) is 0.333. The van der Waals surface area contributed by atoms with E-state index in [9.17, 15) is 0 Å². The lowest BCUT2D eigenvalue weighted by atomic mass is 10.2. The summed E-state index contributed by atoms with van der Waals surface area (Å²) in [7, 11) is 0. The smallest absolute Gasteiger partial charge is 0.196 e. The number of aryl methyl sites for hydroxylation is 1. The molecule has 0 saturated carbocycles. The van der Waals surface area contributed by atoms with Crippen molar-refractivity contribution in [1.82, 2.24) is 14.8 Å². The maximum Gasteiger partial charge on any atom is 0.196 e. The number of rotatable bonds is 8. The fourth-order valence-electron chi connectivity index (χ4n) is 2.52. The molecule has 0 bridgehead atoms. The molecule has 2 aromatic heterocycles. The van der Waals surface area contributed by atoms with Gasteiger partial charge in [0.1, 0.15) is 5.76 Å². The molecule has 0 saturated heterocycles. The van der Waals surface area contributed by atoms with Gasteiger partial charge in [-0.05, 0) is 38.0 Å². The fourth-order valence-corrected chi connectivity index (χ4v) is 3.47. The highest BCUT2D eigenvalue weighted by Gasteiger charge is 2.18. The molecule has 1 aromatic carbocycles. The molecular formula is C18H21N3O2S. The molecule has 0 amide bonds. The Bertz CT molecular complexity index is 768. The summed E-state index contributed by atoms with van der Waals surface area (Å²) in [6, 6.07) is 12.1. The van der Waals surface area contributed by atoms with Crippen LogP contribution in [0.3, 0.4) is 0 Å². The van der Waals surface area contributed by atoms with Gasteiger partial charge in [0.2, 0.25) is 0 Å². The predicted octanol–water partition coefficient (Wildman–Crippen LogP) is 4.09. The first kappa shape index (κ1) is 16.8. The van der Waals surface area contributed by atoms with E-state index >= 15 is 0 Å². The Morgan fingerprint density at radius 2 is 1.92 bits per heavy atom. The summed E-state index contributed by atoms with van der Waals surface area (Å²) in [5, 5.41) is 18.5. The van der Waals surface area contributed by atoms with Crippen LogP contribution in [0.1, 0.15) is 25.0 Å². The Kier molecular flexibility index (Phi) is 5.72. The lowest BCUT2D eigenvalue weighted by Crippen LogP contribution is -2.00. The van der Waals surface area contributed by atoms with Crippen LogP contribution in [0, 0.1) is 6.92 Å². The van der Waals surface area contributed by atoms with E-state index < -0.39 is 0 Å². The van der Waals surface area contributed by atoms with Gasteiger partial charge in [-0.25, -0.2) is 0 Å². The molecule has 0 spiro atoms. The van der Waals surface area contributed by atoms with E-state index in [0.717, 1.165) is 53.0 Å². The van der Waals surface area contributed by atoms with E-state index in [2.05, 4.69) is 26.9 Å². The van der Waals surface area contributed by atoms with E-state index in [1.165, 1.54) is 0 Å². The highest BCUT2D eigenvalue weighted by molar-refractivity contribution is 7.99. The molecule has 24 heavy (non-hydrogen) atoms. The van der Waals surface area contributed by atoms with Crippen LogP contribution in [-0.4, -0.2) is 32.2 Å². The second-order valence-corrected chi connectivity index (χ2v) is 6.56. The number of nitrogens with zero attached hydrogens (tertiary/aromatic N) is 3. The summed E-state index contributed by atoms with van der Waals surface area (Å²) < 4.78 is 7.51. The number of furan rings is 1. The molecule has 1 N–H and O–H groups in total. The number of hydrogen-bond acceptors (Lipinski definition) is 5.